The molecule has 3 heterocycles. The van der Waals surface area contributed by atoms with E-state index in [0.717, 1.165) is 29.4 Å². The third kappa shape index (κ3) is 5.55. The molecule has 0 aliphatic carbocycles. The Morgan fingerprint density at radius 3 is 2.38 bits per heavy atom. The molecule has 196 valence electrons. The van der Waals surface area contributed by atoms with Crippen LogP contribution >= 0.6 is 11.6 Å². The molecular weight excluding hydrogens is 520 g/mol. The van der Waals surface area contributed by atoms with Gasteiger partial charge in [0.1, 0.15) is 0 Å². The maximum Gasteiger partial charge on any atom is 0.280 e. The highest BCUT2D eigenvalue weighted by Gasteiger charge is 2.37. The van der Waals surface area contributed by atoms with Crippen LogP contribution in [0.25, 0.3) is 10.9 Å². The zero-order chi connectivity index (χ0) is 27.4. The van der Waals surface area contributed by atoms with Crippen molar-refractivity contribution in [1.29, 1.82) is 0 Å². The first kappa shape index (κ1) is 25.8. The third-order valence-electron chi connectivity index (χ3n) is 6.21. The molecule has 2 aromatic carbocycles. The number of aromatic nitrogens is 2. The van der Waals surface area contributed by atoms with E-state index < -0.39 is 17.7 Å². The summed E-state index contributed by atoms with van der Waals surface area (Å²) in [6.07, 6.45) is 6.12. The van der Waals surface area contributed by atoms with Crippen LogP contribution in [0.15, 0.2) is 73.2 Å². The van der Waals surface area contributed by atoms with Gasteiger partial charge in [-0.25, -0.2) is 0 Å². The molecule has 4 aromatic rings. The van der Waals surface area contributed by atoms with Crippen LogP contribution in [0.5, 0.6) is 0 Å². The van der Waals surface area contributed by atoms with Gasteiger partial charge in [0.2, 0.25) is 0 Å². The highest BCUT2D eigenvalue weighted by atomic mass is 35.5. The topological polar surface area (TPSA) is 133 Å². The largest absolute Gasteiger partial charge is 0.384 e. The van der Waals surface area contributed by atoms with Crippen LogP contribution < -0.4 is 16.1 Å². The zero-order valence-electron chi connectivity index (χ0n) is 20.6. The van der Waals surface area contributed by atoms with Crippen molar-refractivity contribution in [2.24, 2.45) is 0 Å². The van der Waals surface area contributed by atoms with Crippen LogP contribution in [0.4, 0.5) is 5.69 Å². The molecule has 3 N–H and O–H groups in total. The fourth-order valence-electron chi connectivity index (χ4n) is 4.21. The van der Waals surface area contributed by atoms with Gasteiger partial charge in [0.25, 0.3) is 23.6 Å². The quantitative estimate of drug-likeness (QED) is 0.216. The predicted octanol–water partition coefficient (Wildman–Crippen LogP) is 3.85. The number of anilines is 1. The number of unbranched alkanes of at least 4 members (excludes halogenated alkanes) is 1. The summed E-state index contributed by atoms with van der Waals surface area (Å²) in [5.41, 5.74) is 4.76. The van der Waals surface area contributed by atoms with Gasteiger partial charge in [0.05, 0.1) is 16.6 Å². The molecule has 5 rings (SSSR count). The lowest BCUT2D eigenvalue weighted by Gasteiger charge is -2.14. The molecule has 0 spiro atoms. The van der Waals surface area contributed by atoms with Gasteiger partial charge >= 0.3 is 0 Å². The van der Waals surface area contributed by atoms with E-state index >= 15 is 0 Å². The van der Waals surface area contributed by atoms with E-state index in [2.05, 4.69) is 26.0 Å². The Morgan fingerprint density at radius 2 is 1.56 bits per heavy atom. The second kappa shape index (κ2) is 11.3. The van der Waals surface area contributed by atoms with Gasteiger partial charge in [-0.15, -0.1) is 0 Å². The standard InChI is InChI=1S/C28H23ClN6O4/c29-19-4-6-21-23(9-14-32-24(21)16-19)31-10-1-2-11-33-25(36)18-3-5-20-22(15-18)28(39)35(27(20)38)34-26(37)17-7-12-30-13-8-17/h3-9,12-16H,1-2,10-11H2,(H,31,32)(H,33,36)(H,34,37). The summed E-state index contributed by atoms with van der Waals surface area (Å²) in [5, 5.41) is 8.50. The maximum absolute atomic E-state index is 12.8. The average molecular weight is 543 g/mol. The number of amides is 4. The second-order valence-corrected chi connectivity index (χ2v) is 9.23. The number of pyridine rings is 2. The lowest BCUT2D eigenvalue weighted by atomic mass is 10.1. The summed E-state index contributed by atoms with van der Waals surface area (Å²) in [6.45, 7) is 1.14. The van der Waals surface area contributed by atoms with Crippen molar-refractivity contribution in [2.75, 3.05) is 18.4 Å². The van der Waals surface area contributed by atoms with E-state index in [0.29, 0.717) is 23.1 Å². The molecule has 10 nitrogen and oxygen atoms in total. The predicted molar refractivity (Wildman–Crippen MR) is 145 cm³/mol. The van der Waals surface area contributed by atoms with Gasteiger partial charge in [-0.1, -0.05) is 11.6 Å². The Morgan fingerprint density at radius 1 is 0.795 bits per heavy atom. The average Bonchev–Trinajstić information content (AvgIpc) is 3.19. The van der Waals surface area contributed by atoms with Gasteiger partial charge < -0.3 is 10.6 Å². The first-order chi connectivity index (χ1) is 18.9. The SMILES string of the molecule is O=C(NCCCCNc1ccnc2cc(Cl)ccc12)c1ccc2c(c1)C(=O)N(NC(=O)c1ccncc1)C2=O. The molecule has 2 aromatic heterocycles. The maximum atomic E-state index is 12.8. The molecule has 1 aliphatic rings. The van der Waals surface area contributed by atoms with Crippen LogP contribution in [0.1, 0.15) is 54.3 Å². The number of nitrogens with one attached hydrogen (secondary N) is 3. The van der Waals surface area contributed by atoms with E-state index in [1.165, 1.54) is 42.7 Å². The number of benzene rings is 2. The lowest BCUT2D eigenvalue weighted by Crippen LogP contribution is -2.45. The molecular formula is C28H23ClN6O4. The molecule has 0 saturated heterocycles. The monoisotopic (exact) mass is 542 g/mol. The summed E-state index contributed by atoms with van der Waals surface area (Å²) in [5.74, 6) is -2.35. The van der Waals surface area contributed by atoms with Gasteiger partial charge in [-0.2, -0.15) is 5.01 Å². The molecule has 1 aliphatic heterocycles. The Hall–Kier alpha value is -4.83. The number of hydrogen-bond donors (Lipinski definition) is 3. The number of carbonyl (C=O) groups excluding carboxylic acids is 4. The highest BCUT2D eigenvalue weighted by Crippen LogP contribution is 2.25. The number of halogens is 1. The minimum Gasteiger partial charge on any atom is -0.384 e. The van der Waals surface area contributed by atoms with Crippen molar-refractivity contribution in [1.82, 2.24) is 25.7 Å². The Kier molecular flexibility index (Phi) is 7.46. The van der Waals surface area contributed by atoms with Crippen molar-refractivity contribution in [2.45, 2.75) is 12.8 Å². The van der Waals surface area contributed by atoms with Crippen molar-refractivity contribution in [3.8, 4) is 0 Å². The number of imide groups is 1. The fraction of sp³-hybridized carbons (Fsp3) is 0.143. The second-order valence-electron chi connectivity index (χ2n) is 8.79. The van der Waals surface area contributed by atoms with Crippen molar-refractivity contribution < 1.29 is 19.2 Å². The molecule has 4 amide bonds. The molecule has 0 atom stereocenters. The smallest absolute Gasteiger partial charge is 0.280 e. The van der Waals surface area contributed by atoms with E-state index in [9.17, 15) is 19.2 Å². The highest BCUT2D eigenvalue weighted by molar-refractivity contribution is 6.31. The molecule has 0 fully saturated rings. The Bertz CT molecular complexity index is 1590. The fourth-order valence-corrected chi connectivity index (χ4v) is 4.37. The number of rotatable bonds is 9. The first-order valence-electron chi connectivity index (χ1n) is 12.2. The summed E-state index contributed by atoms with van der Waals surface area (Å²) in [7, 11) is 0. The van der Waals surface area contributed by atoms with Crippen LogP contribution in [0.3, 0.4) is 0 Å². The minimum absolute atomic E-state index is 0.0535. The van der Waals surface area contributed by atoms with Crippen LogP contribution in [-0.2, 0) is 0 Å². The number of carbonyl (C=O) groups is 4. The van der Waals surface area contributed by atoms with Crippen LogP contribution in [-0.4, -0.2) is 51.7 Å². The van der Waals surface area contributed by atoms with Crippen LogP contribution in [0.2, 0.25) is 5.02 Å². The van der Waals surface area contributed by atoms with Gasteiger partial charge in [0.15, 0.2) is 0 Å². The van der Waals surface area contributed by atoms with Crippen molar-refractivity contribution in [3.05, 3.63) is 100 Å². The summed E-state index contributed by atoms with van der Waals surface area (Å²) >= 11 is 6.04. The minimum atomic E-state index is -0.705. The number of fused-ring (bicyclic) bond motifs is 2. The number of nitrogens with zero attached hydrogens (tertiary/aromatic N) is 3. The van der Waals surface area contributed by atoms with Crippen LogP contribution in [0, 0.1) is 0 Å². The van der Waals surface area contributed by atoms with Crippen molar-refractivity contribution >= 4 is 51.8 Å². The normalized spacial score (nSPS) is 12.4. The third-order valence-corrected chi connectivity index (χ3v) is 6.45. The van der Waals surface area contributed by atoms with E-state index in [1.54, 1.807) is 6.20 Å². The molecule has 0 unspecified atom stereocenters. The number of hydrazine groups is 1. The van der Waals surface area contributed by atoms with E-state index in [1.807, 2.05) is 24.3 Å². The Labute approximate surface area is 228 Å². The summed E-state index contributed by atoms with van der Waals surface area (Å²) in [4.78, 5) is 58.7. The summed E-state index contributed by atoms with van der Waals surface area (Å²) in [6, 6.07) is 14.7. The Balaban J connectivity index is 1.12. The molecule has 11 heteroatoms. The molecule has 0 saturated carbocycles. The molecule has 0 bridgehead atoms. The zero-order valence-corrected chi connectivity index (χ0v) is 21.4. The van der Waals surface area contributed by atoms with Crippen molar-refractivity contribution in [3.63, 3.8) is 0 Å². The van der Waals surface area contributed by atoms with Gasteiger partial charge in [-0.3, -0.25) is 34.6 Å². The summed E-state index contributed by atoms with van der Waals surface area (Å²) < 4.78 is 0. The lowest BCUT2D eigenvalue weighted by molar-refractivity contribution is 0.0518. The molecule has 39 heavy (non-hydrogen) atoms. The first-order valence-corrected chi connectivity index (χ1v) is 12.6. The van der Waals surface area contributed by atoms with E-state index in [-0.39, 0.29) is 28.2 Å². The van der Waals surface area contributed by atoms with E-state index in [4.69, 9.17) is 11.6 Å². The number of hydrogen-bond acceptors (Lipinski definition) is 7. The molecule has 0 radical (unpaired) electrons. The van der Waals surface area contributed by atoms with Gasteiger partial charge in [-0.05, 0) is 67.4 Å². The van der Waals surface area contributed by atoms with Gasteiger partial charge in [0, 0.05) is 58.9 Å².